The van der Waals surface area contributed by atoms with Gasteiger partial charge in [0.25, 0.3) is 0 Å². The molecule has 0 aliphatic carbocycles. The minimum atomic E-state index is -3.18. The molecule has 0 heterocycles. The van der Waals surface area contributed by atoms with Crippen molar-refractivity contribution in [3.63, 3.8) is 0 Å². The molecule has 19 heavy (non-hydrogen) atoms. The summed E-state index contributed by atoms with van der Waals surface area (Å²) in [7, 11) is -3.18. The molecule has 0 aromatic heterocycles. The Morgan fingerprint density at radius 2 is 1.84 bits per heavy atom. The van der Waals surface area contributed by atoms with Crippen LogP contribution in [0, 0.1) is 0 Å². The Morgan fingerprint density at radius 3 is 2.53 bits per heavy atom. The molecule has 0 spiro atoms. The maximum Gasteiger partial charge on any atom is 0.175 e. The summed E-state index contributed by atoms with van der Waals surface area (Å²) in [5.41, 5.74) is 1.72. The van der Waals surface area contributed by atoms with Crippen LogP contribution in [0.3, 0.4) is 0 Å². The van der Waals surface area contributed by atoms with Crippen molar-refractivity contribution in [2.24, 2.45) is 0 Å². The molecule has 2 aromatic carbocycles. The largest absolute Gasteiger partial charge is 0.381 e. The first-order valence-corrected chi connectivity index (χ1v) is 8.01. The Morgan fingerprint density at radius 1 is 1.11 bits per heavy atom. The molecule has 1 N–H and O–H groups in total. The normalized spacial score (nSPS) is 11.3. The smallest absolute Gasteiger partial charge is 0.175 e. The quantitative estimate of drug-likeness (QED) is 0.941. The summed E-state index contributed by atoms with van der Waals surface area (Å²) < 4.78 is 22.9. The van der Waals surface area contributed by atoms with E-state index in [9.17, 15) is 8.42 Å². The van der Waals surface area contributed by atoms with Crippen LogP contribution < -0.4 is 5.32 Å². The van der Waals surface area contributed by atoms with Crippen molar-refractivity contribution in [1.29, 1.82) is 0 Å². The molecule has 0 unspecified atom stereocenters. The monoisotopic (exact) mass is 295 g/mol. The molecule has 100 valence electrons. The first kappa shape index (κ1) is 13.9. The van der Waals surface area contributed by atoms with Crippen molar-refractivity contribution in [2.75, 3.05) is 11.6 Å². The van der Waals surface area contributed by atoms with Crippen LogP contribution >= 0.6 is 11.6 Å². The summed E-state index contributed by atoms with van der Waals surface area (Å²) in [4.78, 5) is 0.302. The summed E-state index contributed by atoms with van der Waals surface area (Å²) in [5, 5.41) is 3.85. The third-order valence-electron chi connectivity index (χ3n) is 2.70. The van der Waals surface area contributed by atoms with E-state index < -0.39 is 9.84 Å². The summed E-state index contributed by atoms with van der Waals surface area (Å²) in [6.45, 7) is 0.549. The predicted molar refractivity (Wildman–Crippen MR) is 78.3 cm³/mol. The maximum atomic E-state index is 11.5. The molecule has 0 fully saturated rings. The van der Waals surface area contributed by atoms with Crippen molar-refractivity contribution < 1.29 is 8.42 Å². The number of hydrogen-bond donors (Lipinski definition) is 1. The van der Waals surface area contributed by atoms with E-state index in [0.29, 0.717) is 16.5 Å². The highest BCUT2D eigenvalue weighted by atomic mass is 35.5. The average Bonchev–Trinajstić information content (AvgIpc) is 2.37. The number of anilines is 1. The molecule has 5 heteroatoms. The first-order valence-electron chi connectivity index (χ1n) is 5.74. The van der Waals surface area contributed by atoms with Crippen LogP contribution in [0.15, 0.2) is 53.4 Å². The topological polar surface area (TPSA) is 46.2 Å². The van der Waals surface area contributed by atoms with Gasteiger partial charge in [-0.15, -0.1) is 0 Å². The van der Waals surface area contributed by atoms with Crippen LogP contribution in [0.1, 0.15) is 5.56 Å². The number of halogens is 1. The SMILES string of the molecule is CS(=O)(=O)c1cccc(NCc2ccccc2Cl)c1. The van der Waals surface area contributed by atoms with Gasteiger partial charge in [-0.05, 0) is 29.8 Å². The van der Waals surface area contributed by atoms with E-state index in [4.69, 9.17) is 11.6 Å². The second-order valence-corrected chi connectivity index (χ2v) is 6.67. The van der Waals surface area contributed by atoms with E-state index in [1.165, 1.54) is 6.26 Å². The second kappa shape index (κ2) is 5.63. The highest BCUT2D eigenvalue weighted by Gasteiger charge is 2.07. The van der Waals surface area contributed by atoms with Crippen LogP contribution in [-0.4, -0.2) is 14.7 Å². The highest BCUT2D eigenvalue weighted by molar-refractivity contribution is 7.90. The molecular weight excluding hydrogens is 282 g/mol. The Hall–Kier alpha value is -1.52. The Bertz CT molecular complexity index is 683. The van der Waals surface area contributed by atoms with Gasteiger partial charge in [0.05, 0.1) is 4.90 Å². The van der Waals surface area contributed by atoms with Gasteiger partial charge in [0.1, 0.15) is 0 Å². The van der Waals surface area contributed by atoms with Gasteiger partial charge in [-0.25, -0.2) is 8.42 Å². The molecule has 2 rings (SSSR count). The summed E-state index contributed by atoms with van der Waals surface area (Å²) in [6.07, 6.45) is 1.19. The molecule has 0 radical (unpaired) electrons. The average molecular weight is 296 g/mol. The van der Waals surface area contributed by atoms with Gasteiger partial charge in [0, 0.05) is 23.5 Å². The van der Waals surface area contributed by atoms with Crippen LogP contribution in [0.5, 0.6) is 0 Å². The van der Waals surface area contributed by atoms with Crippen LogP contribution in [0.4, 0.5) is 5.69 Å². The van der Waals surface area contributed by atoms with Gasteiger partial charge < -0.3 is 5.32 Å². The molecule has 0 saturated heterocycles. The zero-order chi connectivity index (χ0) is 13.9. The summed E-state index contributed by atoms with van der Waals surface area (Å²) >= 11 is 6.06. The fraction of sp³-hybridized carbons (Fsp3) is 0.143. The Balaban J connectivity index is 2.15. The number of sulfone groups is 1. The zero-order valence-electron chi connectivity index (χ0n) is 10.4. The van der Waals surface area contributed by atoms with Crippen molar-refractivity contribution in [2.45, 2.75) is 11.4 Å². The molecule has 3 nitrogen and oxygen atoms in total. The molecule has 0 saturated carbocycles. The van der Waals surface area contributed by atoms with Crippen molar-refractivity contribution >= 4 is 27.1 Å². The van der Waals surface area contributed by atoms with Crippen molar-refractivity contribution in [1.82, 2.24) is 0 Å². The molecule has 0 aliphatic heterocycles. The van der Waals surface area contributed by atoms with E-state index in [2.05, 4.69) is 5.32 Å². The van der Waals surface area contributed by atoms with E-state index in [1.54, 1.807) is 18.2 Å². The van der Waals surface area contributed by atoms with E-state index >= 15 is 0 Å². The minimum absolute atomic E-state index is 0.302. The zero-order valence-corrected chi connectivity index (χ0v) is 12.0. The first-order chi connectivity index (χ1) is 8.97. The van der Waals surface area contributed by atoms with Crippen LogP contribution in [-0.2, 0) is 16.4 Å². The molecule has 0 atom stereocenters. The number of hydrogen-bond acceptors (Lipinski definition) is 3. The molecule has 0 aliphatic rings. The van der Waals surface area contributed by atoms with Gasteiger partial charge >= 0.3 is 0 Å². The van der Waals surface area contributed by atoms with Crippen molar-refractivity contribution in [3.05, 3.63) is 59.1 Å². The minimum Gasteiger partial charge on any atom is -0.381 e. The fourth-order valence-corrected chi connectivity index (χ4v) is 2.55. The standard InChI is InChI=1S/C14H14ClNO2S/c1-19(17,18)13-7-4-6-12(9-13)16-10-11-5-2-3-8-14(11)15/h2-9,16H,10H2,1H3. The third kappa shape index (κ3) is 3.72. The lowest BCUT2D eigenvalue weighted by Gasteiger charge is -2.09. The second-order valence-electron chi connectivity index (χ2n) is 4.24. The summed E-state index contributed by atoms with van der Waals surface area (Å²) in [5.74, 6) is 0. The van der Waals surface area contributed by atoms with E-state index in [-0.39, 0.29) is 0 Å². The van der Waals surface area contributed by atoms with E-state index in [1.807, 2.05) is 30.3 Å². The lowest BCUT2D eigenvalue weighted by atomic mass is 10.2. The van der Waals surface area contributed by atoms with Crippen molar-refractivity contribution in [3.8, 4) is 0 Å². The van der Waals surface area contributed by atoms with Gasteiger partial charge in [-0.3, -0.25) is 0 Å². The van der Waals surface area contributed by atoms with Gasteiger partial charge in [0.2, 0.25) is 0 Å². The van der Waals surface area contributed by atoms with E-state index in [0.717, 1.165) is 11.3 Å². The number of benzene rings is 2. The lowest BCUT2D eigenvalue weighted by molar-refractivity contribution is 0.602. The molecular formula is C14H14ClNO2S. The Labute approximate surface area is 118 Å². The van der Waals surface area contributed by atoms with Gasteiger partial charge in [-0.1, -0.05) is 35.9 Å². The number of nitrogens with one attached hydrogen (secondary N) is 1. The molecule has 0 bridgehead atoms. The summed E-state index contributed by atoms with van der Waals surface area (Å²) in [6, 6.07) is 14.3. The Kier molecular flexibility index (Phi) is 4.12. The highest BCUT2D eigenvalue weighted by Crippen LogP contribution is 2.19. The predicted octanol–water partition coefficient (Wildman–Crippen LogP) is 3.36. The number of rotatable bonds is 4. The van der Waals surface area contributed by atoms with Gasteiger partial charge in [-0.2, -0.15) is 0 Å². The van der Waals surface area contributed by atoms with Crippen LogP contribution in [0.25, 0.3) is 0 Å². The lowest BCUT2D eigenvalue weighted by Crippen LogP contribution is -2.02. The third-order valence-corrected chi connectivity index (χ3v) is 4.18. The van der Waals surface area contributed by atoms with Crippen LogP contribution in [0.2, 0.25) is 5.02 Å². The van der Waals surface area contributed by atoms with Gasteiger partial charge in [0.15, 0.2) is 9.84 Å². The molecule has 2 aromatic rings. The maximum absolute atomic E-state index is 11.5. The molecule has 0 amide bonds. The fourth-order valence-electron chi connectivity index (χ4n) is 1.68.